The van der Waals surface area contributed by atoms with Crippen molar-refractivity contribution in [2.45, 2.75) is 83.7 Å². The van der Waals surface area contributed by atoms with Crippen molar-refractivity contribution >= 4 is 39.7 Å². The van der Waals surface area contributed by atoms with E-state index in [0.717, 1.165) is 58.5 Å². The number of hydrogen-bond donors (Lipinski definition) is 1. The largest absolute Gasteiger partial charge is 0.339 e. The first-order valence-corrected chi connectivity index (χ1v) is 16.3. The predicted octanol–water partition coefficient (Wildman–Crippen LogP) is 8.21. The van der Waals surface area contributed by atoms with Gasteiger partial charge in [-0.15, -0.1) is 0 Å². The lowest BCUT2D eigenvalue weighted by Gasteiger charge is -2.41. The number of ketones is 1. The molecule has 0 radical (unpaired) electrons. The summed E-state index contributed by atoms with van der Waals surface area (Å²) in [6.45, 7) is 5.59. The van der Waals surface area contributed by atoms with E-state index in [0.29, 0.717) is 17.2 Å². The number of rotatable bonds is 7. The van der Waals surface area contributed by atoms with Crippen LogP contribution in [0.3, 0.4) is 0 Å². The second kappa shape index (κ2) is 11.4. The van der Waals surface area contributed by atoms with Crippen LogP contribution in [-0.2, 0) is 17.4 Å². The molecule has 2 saturated carbocycles. The first-order valence-electron chi connectivity index (χ1n) is 16.3. The van der Waals surface area contributed by atoms with Gasteiger partial charge in [-0.25, -0.2) is 4.98 Å². The Morgan fingerprint density at radius 3 is 2.44 bits per heavy atom. The number of aryl methyl sites for hydroxylation is 2. The second-order valence-corrected chi connectivity index (χ2v) is 13.1. The molecule has 7 heteroatoms. The lowest BCUT2D eigenvalue weighted by atomic mass is 9.75. The molecule has 1 amide bonds. The van der Waals surface area contributed by atoms with Crippen LogP contribution in [-0.4, -0.2) is 30.8 Å². The first kappa shape index (κ1) is 29.2. The minimum Gasteiger partial charge on any atom is -0.339 e. The van der Waals surface area contributed by atoms with Crippen molar-refractivity contribution in [2.24, 2.45) is 7.05 Å². The van der Waals surface area contributed by atoms with Crippen LogP contribution in [0.5, 0.6) is 0 Å². The quantitative estimate of drug-likeness (QED) is 0.191. The molecule has 2 aromatic carbocycles. The van der Waals surface area contributed by atoms with Crippen molar-refractivity contribution in [3.8, 4) is 11.4 Å². The Kier molecular flexibility index (Phi) is 7.43. The Hall–Kier alpha value is -4.52. The Bertz CT molecular complexity index is 1970. The molecule has 7 rings (SSSR count). The summed E-state index contributed by atoms with van der Waals surface area (Å²) in [5.41, 5.74) is 8.18. The fourth-order valence-corrected chi connectivity index (χ4v) is 7.45. The van der Waals surface area contributed by atoms with Gasteiger partial charge < -0.3 is 14.5 Å². The van der Waals surface area contributed by atoms with Crippen LogP contribution in [0, 0.1) is 6.92 Å². The molecule has 1 N–H and O–H groups in total. The summed E-state index contributed by atoms with van der Waals surface area (Å²) >= 11 is 0. The topological polar surface area (TPSA) is 81.8 Å². The van der Waals surface area contributed by atoms with E-state index in [1.807, 2.05) is 56.6 Å². The summed E-state index contributed by atoms with van der Waals surface area (Å²) in [5, 5.41) is 4.54. The number of hydrogen-bond acceptors (Lipinski definition) is 4. The highest BCUT2D eigenvalue weighted by atomic mass is 16.2. The van der Waals surface area contributed by atoms with E-state index in [4.69, 9.17) is 9.97 Å². The van der Waals surface area contributed by atoms with Gasteiger partial charge >= 0.3 is 0 Å². The third kappa shape index (κ3) is 5.08. The molecule has 5 aromatic rings. The average Bonchev–Trinajstić information content (AvgIpc) is 3.52. The van der Waals surface area contributed by atoms with E-state index in [1.165, 1.54) is 43.2 Å². The van der Waals surface area contributed by atoms with Gasteiger partial charge in [0.2, 0.25) is 0 Å². The Morgan fingerprint density at radius 1 is 0.956 bits per heavy atom. The number of aromatic nitrogens is 4. The molecule has 2 aliphatic carbocycles. The number of nitrogens with zero attached hydrogens (tertiary/aromatic N) is 4. The van der Waals surface area contributed by atoms with E-state index in [9.17, 15) is 9.59 Å². The summed E-state index contributed by atoms with van der Waals surface area (Å²) in [4.78, 5) is 35.6. The lowest BCUT2D eigenvalue weighted by Crippen LogP contribution is -2.52. The van der Waals surface area contributed by atoms with Crippen LogP contribution in [0.1, 0.15) is 98.6 Å². The molecule has 0 atom stereocenters. The maximum absolute atomic E-state index is 14.0. The minimum atomic E-state index is -0.521. The van der Waals surface area contributed by atoms with E-state index < -0.39 is 5.54 Å². The number of pyridine rings is 1. The summed E-state index contributed by atoms with van der Waals surface area (Å²) in [6.07, 6.45) is 12.6. The van der Waals surface area contributed by atoms with E-state index in [2.05, 4.69) is 45.6 Å². The van der Waals surface area contributed by atoms with Gasteiger partial charge in [0.25, 0.3) is 5.91 Å². The highest BCUT2D eigenvalue weighted by Gasteiger charge is 2.44. The Balaban J connectivity index is 1.24. The van der Waals surface area contributed by atoms with Gasteiger partial charge in [0, 0.05) is 35.8 Å². The molecule has 2 fully saturated rings. The van der Waals surface area contributed by atoms with Gasteiger partial charge in [0.05, 0.1) is 28.0 Å². The van der Waals surface area contributed by atoms with E-state index in [-0.39, 0.29) is 11.7 Å². The molecular weight excluding hydrogens is 558 g/mol. The van der Waals surface area contributed by atoms with Crippen molar-refractivity contribution in [3.63, 3.8) is 0 Å². The zero-order valence-electron chi connectivity index (χ0n) is 26.7. The van der Waals surface area contributed by atoms with Crippen LogP contribution in [0.4, 0.5) is 0 Å². The highest BCUT2D eigenvalue weighted by molar-refractivity contribution is 6.01. The lowest BCUT2D eigenvalue weighted by molar-refractivity contribution is -0.113. The predicted molar refractivity (Wildman–Crippen MR) is 180 cm³/mol. The average molecular weight is 600 g/mol. The van der Waals surface area contributed by atoms with Crippen molar-refractivity contribution in [1.29, 1.82) is 0 Å². The third-order valence-corrected chi connectivity index (χ3v) is 10.2. The molecular formula is C38H41N5O2. The normalized spacial score (nSPS) is 17.0. The monoisotopic (exact) mass is 599 g/mol. The van der Waals surface area contributed by atoms with Crippen molar-refractivity contribution in [2.75, 3.05) is 0 Å². The number of benzene rings is 2. The molecule has 7 nitrogen and oxygen atoms in total. The van der Waals surface area contributed by atoms with Gasteiger partial charge in [-0.3, -0.25) is 14.6 Å². The van der Waals surface area contributed by atoms with Gasteiger partial charge in [-0.2, -0.15) is 0 Å². The molecule has 230 valence electrons. The molecule has 3 aromatic heterocycles. The molecule has 0 unspecified atom stereocenters. The maximum Gasteiger partial charge on any atom is 0.252 e. The van der Waals surface area contributed by atoms with Crippen LogP contribution >= 0.6 is 0 Å². The Labute approximate surface area is 264 Å². The van der Waals surface area contributed by atoms with Crippen LogP contribution in [0.15, 0.2) is 66.4 Å². The number of nitrogens with one attached hydrogen (secondary N) is 1. The number of allylic oxidation sites excluding steroid dienone is 1. The van der Waals surface area contributed by atoms with Crippen LogP contribution in [0.25, 0.3) is 39.4 Å². The fourth-order valence-electron chi connectivity index (χ4n) is 7.45. The number of fused-ring (bicyclic) bond motifs is 2. The Morgan fingerprint density at radius 2 is 1.76 bits per heavy atom. The van der Waals surface area contributed by atoms with Crippen LogP contribution in [0.2, 0.25) is 0 Å². The summed E-state index contributed by atoms with van der Waals surface area (Å²) in [7, 11) is 2.02. The molecule has 0 saturated heterocycles. The van der Waals surface area contributed by atoms with E-state index >= 15 is 0 Å². The van der Waals surface area contributed by atoms with E-state index in [1.54, 1.807) is 6.92 Å². The summed E-state index contributed by atoms with van der Waals surface area (Å²) in [5.74, 6) is 0.858. The maximum atomic E-state index is 14.0. The number of Topliss-reactive ketones (excluding diaryl/α,β-unsaturated/α-hetero) is 1. The van der Waals surface area contributed by atoms with Crippen molar-refractivity contribution in [3.05, 3.63) is 88.9 Å². The van der Waals surface area contributed by atoms with Gasteiger partial charge in [0.15, 0.2) is 5.78 Å². The summed E-state index contributed by atoms with van der Waals surface area (Å²) in [6, 6.07) is 18.8. The highest BCUT2D eigenvalue weighted by Crippen LogP contribution is 2.43. The zero-order chi connectivity index (χ0) is 31.3. The second-order valence-electron chi connectivity index (χ2n) is 13.1. The number of imidazole rings is 1. The molecule has 45 heavy (non-hydrogen) atoms. The van der Waals surface area contributed by atoms with Crippen molar-refractivity contribution in [1.82, 2.24) is 24.4 Å². The number of carbonyl (C=O) groups is 2. The summed E-state index contributed by atoms with van der Waals surface area (Å²) < 4.78 is 4.61. The number of carbonyl (C=O) groups excluding carboxylic acids is 2. The minimum absolute atomic E-state index is 0.0591. The van der Waals surface area contributed by atoms with Gasteiger partial charge in [-0.05, 0) is 118 Å². The smallest absolute Gasteiger partial charge is 0.252 e. The molecule has 2 aliphatic rings. The van der Waals surface area contributed by atoms with Gasteiger partial charge in [0.1, 0.15) is 5.82 Å². The number of amides is 1. The first-order chi connectivity index (χ1) is 21.8. The molecule has 3 heterocycles. The van der Waals surface area contributed by atoms with Gasteiger partial charge in [-0.1, -0.05) is 31.4 Å². The van der Waals surface area contributed by atoms with Crippen molar-refractivity contribution < 1.29 is 9.59 Å². The zero-order valence-corrected chi connectivity index (χ0v) is 26.7. The molecule has 0 bridgehead atoms. The standard InChI is InChI=1S/C38H41N5O2/c1-24(26(3)44)21-27-14-16-31-34(22-27)42(4)37(40-31)38(18-10-19-38)41-36(45)28-15-17-33-30(23-28)25(2)35(32-13-8-9-20-39-32)43(33)29-11-6-5-7-12-29/h8-9,13-17,20-23,29H,5-7,10-12,18-19H2,1-4H3,(H,41,45)/b24-21+. The third-order valence-electron chi connectivity index (χ3n) is 10.2. The molecule has 0 spiro atoms. The fraction of sp³-hybridized carbons (Fsp3) is 0.368. The van der Waals surface area contributed by atoms with Crippen LogP contribution < -0.4 is 5.32 Å². The SMILES string of the molecule is CC(=O)/C(C)=C/c1ccc2nc(C3(NC(=O)c4ccc5c(c4)c(C)c(-c4ccccn4)n5C4CCCCC4)CCC3)n(C)c2c1. The molecule has 0 aliphatic heterocycles.